The second kappa shape index (κ2) is 6.23. The minimum atomic E-state index is -1.26. The third-order valence-corrected chi connectivity index (χ3v) is 3.14. The van der Waals surface area contributed by atoms with Crippen LogP contribution in [0, 0.1) is 0 Å². The van der Waals surface area contributed by atoms with E-state index in [0.717, 1.165) is 19.3 Å². The molecule has 1 fully saturated rings. The molecule has 0 aromatic carbocycles. The zero-order chi connectivity index (χ0) is 13.7. The minimum absolute atomic E-state index is 0.164. The number of carbonyl (C=O) groups is 3. The molecule has 0 aromatic heterocycles. The number of rotatable bonds is 5. The molecule has 1 aliphatic rings. The lowest BCUT2D eigenvalue weighted by Crippen LogP contribution is -2.51. The molecule has 0 aromatic rings. The third kappa shape index (κ3) is 3.61. The summed E-state index contributed by atoms with van der Waals surface area (Å²) in [6.07, 6.45) is 2.56. The van der Waals surface area contributed by atoms with Gasteiger partial charge in [0.2, 0.25) is 0 Å². The van der Waals surface area contributed by atoms with Crippen LogP contribution in [-0.2, 0) is 14.3 Å². The number of aliphatic carboxylic acids is 1. The maximum absolute atomic E-state index is 11.8. The van der Waals surface area contributed by atoms with Crippen molar-refractivity contribution < 1.29 is 24.2 Å². The lowest BCUT2D eigenvalue weighted by atomic mass is 9.92. The number of esters is 1. The standard InChI is InChI=1S/C11H18N2O5/c1-13(7-4-3-5-7)11(17)12-8(10(15)16)6-9(14)18-2/h7-8H,3-6H2,1-2H3,(H,12,17)(H,15,16)/t8-/m0/s1. The fourth-order valence-corrected chi connectivity index (χ4v) is 1.64. The Morgan fingerprint density at radius 3 is 2.44 bits per heavy atom. The molecule has 1 atom stereocenters. The lowest BCUT2D eigenvalue weighted by molar-refractivity contribution is -0.147. The molecule has 1 aliphatic carbocycles. The van der Waals surface area contributed by atoms with Gasteiger partial charge in [0.1, 0.15) is 6.04 Å². The number of nitrogens with zero attached hydrogens (tertiary/aromatic N) is 1. The van der Waals surface area contributed by atoms with E-state index in [-0.39, 0.29) is 12.5 Å². The van der Waals surface area contributed by atoms with Crippen molar-refractivity contribution >= 4 is 18.0 Å². The first-order valence-corrected chi connectivity index (χ1v) is 5.78. The Balaban J connectivity index is 2.51. The monoisotopic (exact) mass is 258 g/mol. The molecule has 7 nitrogen and oxygen atoms in total. The van der Waals surface area contributed by atoms with Crippen LogP contribution in [0.5, 0.6) is 0 Å². The highest BCUT2D eigenvalue weighted by Gasteiger charge is 2.29. The van der Waals surface area contributed by atoms with E-state index in [0.29, 0.717) is 0 Å². The van der Waals surface area contributed by atoms with Crippen LogP contribution in [0.25, 0.3) is 0 Å². The van der Waals surface area contributed by atoms with Gasteiger partial charge in [0.05, 0.1) is 13.5 Å². The van der Waals surface area contributed by atoms with Crippen LogP contribution < -0.4 is 5.32 Å². The number of nitrogens with one attached hydrogen (secondary N) is 1. The van der Waals surface area contributed by atoms with Crippen molar-refractivity contribution in [3.63, 3.8) is 0 Å². The average Bonchev–Trinajstić information content (AvgIpc) is 2.25. The zero-order valence-corrected chi connectivity index (χ0v) is 10.5. The summed E-state index contributed by atoms with van der Waals surface area (Å²) in [5.41, 5.74) is 0. The van der Waals surface area contributed by atoms with Crippen LogP contribution in [0.3, 0.4) is 0 Å². The number of carbonyl (C=O) groups excluding carboxylic acids is 2. The predicted molar refractivity (Wildman–Crippen MR) is 62.0 cm³/mol. The van der Waals surface area contributed by atoms with E-state index in [1.54, 1.807) is 7.05 Å². The van der Waals surface area contributed by atoms with Gasteiger partial charge in [-0.25, -0.2) is 9.59 Å². The first-order valence-electron chi connectivity index (χ1n) is 5.78. The van der Waals surface area contributed by atoms with Crippen molar-refractivity contribution in [1.29, 1.82) is 0 Å². The zero-order valence-electron chi connectivity index (χ0n) is 10.5. The maximum atomic E-state index is 11.8. The summed E-state index contributed by atoms with van der Waals surface area (Å²) < 4.78 is 4.39. The average molecular weight is 258 g/mol. The molecule has 0 heterocycles. The summed E-state index contributed by atoms with van der Waals surface area (Å²) in [5.74, 6) is -1.93. The van der Waals surface area contributed by atoms with E-state index in [2.05, 4.69) is 10.1 Å². The number of hydrogen-bond acceptors (Lipinski definition) is 4. The van der Waals surface area contributed by atoms with E-state index in [1.807, 2.05) is 0 Å². The highest BCUT2D eigenvalue weighted by molar-refractivity contribution is 5.86. The highest BCUT2D eigenvalue weighted by Crippen LogP contribution is 2.23. The molecular weight excluding hydrogens is 240 g/mol. The summed E-state index contributed by atoms with van der Waals surface area (Å²) in [6.45, 7) is 0. The molecule has 0 spiro atoms. The summed E-state index contributed by atoms with van der Waals surface area (Å²) in [7, 11) is 2.79. The SMILES string of the molecule is COC(=O)C[C@H](NC(=O)N(C)C1CCC1)C(=O)O. The normalized spacial score (nSPS) is 16.3. The van der Waals surface area contributed by atoms with Gasteiger partial charge in [0.25, 0.3) is 0 Å². The molecule has 0 unspecified atom stereocenters. The molecule has 7 heteroatoms. The number of methoxy groups -OCH3 is 1. The Kier molecular flexibility index (Phi) is 4.94. The predicted octanol–water partition coefficient (Wildman–Crippen LogP) is 0.197. The van der Waals surface area contributed by atoms with Crippen LogP contribution in [-0.4, -0.2) is 54.2 Å². The first kappa shape index (κ1) is 14.3. The van der Waals surface area contributed by atoms with Crippen LogP contribution in [0.1, 0.15) is 25.7 Å². The van der Waals surface area contributed by atoms with Crippen LogP contribution >= 0.6 is 0 Å². The summed E-state index contributed by atoms with van der Waals surface area (Å²) in [5, 5.41) is 11.2. The molecule has 2 amide bonds. The molecule has 0 saturated heterocycles. The largest absolute Gasteiger partial charge is 0.480 e. The van der Waals surface area contributed by atoms with E-state index < -0.39 is 24.0 Å². The van der Waals surface area contributed by atoms with E-state index in [1.165, 1.54) is 12.0 Å². The summed E-state index contributed by atoms with van der Waals surface area (Å²) in [6, 6.07) is -1.57. The number of hydrogen-bond donors (Lipinski definition) is 2. The van der Waals surface area contributed by atoms with Gasteiger partial charge >= 0.3 is 18.0 Å². The van der Waals surface area contributed by atoms with Gasteiger partial charge in [-0.05, 0) is 19.3 Å². The smallest absolute Gasteiger partial charge is 0.326 e. The van der Waals surface area contributed by atoms with E-state index >= 15 is 0 Å². The molecule has 0 bridgehead atoms. The topological polar surface area (TPSA) is 95.9 Å². The van der Waals surface area contributed by atoms with Crippen molar-refractivity contribution in [2.45, 2.75) is 37.8 Å². The molecule has 1 saturated carbocycles. The van der Waals surface area contributed by atoms with Crippen LogP contribution in [0.2, 0.25) is 0 Å². The lowest BCUT2D eigenvalue weighted by Gasteiger charge is -2.35. The van der Waals surface area contributed by atoms with Crippen molar-refractivity contribution in [3.8, 4) is 0 Å². The van der Waals surface area contributed by atoms with Gasteiger partial charge in [-0.2, -0.15) is 0 Å². The Morgan fingerprint density at radius 1 is 1.44 bits per heavy atom. The molecule has 1 rings (SSSR count). The first-order chi connectivity index (χ1) is 8.45. The third-order valence-electron chi connectivity index (χ3n) is 3.14. The molecule has 18 heavy (non-hydrogen) atoms. The minimum Gasteiger partial charge on any atom is -0.480 e. The molecule has 0 aliphatic heterocycles. The Hall–Kier alpha value is -1.79. The van der Waals surface area contributed by atoms with Gasteiger partial charge in [0, 0.05) is 13.1 Å². The highest BCUT2D eigenvalue weighted by atomic mass is 16.5. The molecule has 2 N–H and O–H groups in total. The molecular formula is C11H18N2O5. The fraction of sp³-hybridized carbons (Fsp3) is 0.727. The van der Waals surface area contributed by atoms with Gasteiger partial charge in [-0.15, -0.1) is 0 Å². The van der Waals surface area contributed by atoms with Crippen molar-refractivity contribution in [2.75, 3.05) is 14.2 Å². The Labute approximate surface area is 105 Å². The number of urea groups is 1. The second-order valence-corrected chi connectivity index (χ2v) is 4.32. The number of carboxylic acid groups (broad SMARTS) is 1. The van der Waals surface area contributed by atoms with E-state index in [4.69, 9.17) is 5.11 Å². The van der Waals surface area contributed by atoms with Crippen LogP contribution in [0.4, 0.5) is 4.79 Å². The number of carboxylic acids is 1. The maximum Gasteiger partial charge on any atom is 0.326 e. The Morgan fingerprint density at radius 2 is 2.06 bits per heavy atom. The Bertz CT molecular complexity index is 340. The molecule has 0 radical (unpaired) electrons. The van der Waals surface area contributed by atoms with E-state index in [9.17, 15) is 14.4 Å². The second-order valence-electron chi connectivity index (χ2n) is 4.32. The number of ether oxygens (including phenoxy) is 1. The number of amides is 2. The van der Waals surface area contributed by atoms with Crippen LogP contribution in [0.15, 0.2) is 0 Å². The van der Waals surface area contributed by atoms with Crippen molar-refractivity contribution in [2.24, 2.45) is 0 Å². The van der Waals surface area contributed by atoms with Gasteiger partial charge in [-0.3, -0.25) is 4.79 Å². The van der Waals surface area contributed by atoms with Crippen molar-refractivity contribution in [3.05, 3.63) is 0 Å². The molecule has 102 valence electrons. The fourth-order valence-electron chi connectivity index (χ4n) is 1.64. The van der Waals surface area contributed by atoms with Gasteiger partial charge in [-0.1, -0.05) is 0 Å². The summed E-state index contributed by atoms with van der Waals surface area (Å²) in [4.78, 5) is 35.2. The van der Waals surface area contributed by atoms with Gasteiger partial charge < -0.3 is 20.1 Å². The quantitative estimate of drug-likeness (QED) is 0.686. The summed E-state index contributed by atoms with van der Waals surface area (Å²) >= 11 is 0. The van der Waals surface area contributed by atoms with Crippen molar-refractivity contribution in [1.82, 2.24) is 10.2 Å². The van der Waals surface area contributed by atoms with Gasteiger partial charge in [0.15, 0.2) is 0 Å².